The first-order chi connectivity index (χ1) is 11.0. The third kappa shape index (κ3) is 4.08. The van der Waals surface area contributed by atoms with Crippen LogP contribution in [0.5, 0.6) is 0 Å². The molecule has 122 valence electrons. The number of thioether (sulfide) groups is 1. The SMILES string of the molecule is O=C(CSc1nnnn1-c1ccccc1)NC1CCS(=O)(=O)C1. The van der Waals surface area contributed by atoms with Crippen LogP contribution < -0.4 is 5.32 Å². The smallest absolute Gasteiger partial charge is 0.230 e. The van der Waals surface area contributed by atoms with Gasteiger partial charge < -0.3 is 5.32 Å². The summed E-state index contributed by atoms with van der Waals surface area (Å²) in [5.74, 6) is 0.0615. The van der Waals surface area contributed by atoms with E-state index in [1.165, 1.54) is 11.8 Å². The van der Waals surface area contributed by atoms with Crippen LogP contribution in [0, 0.1) is 0 Å². The Kier molecular flexibility index (Phi) is 4.62. The molecule has 0 aliphatic carbocycles. The summed E-state index contributed by atoms with van der Waals surface area (Å²) in [6, 6.07) is 9.08. The highest BCUT2D eigenvalue weighted by molar-refractivity contribution is 7.99. The van der Waals surface area contributed by atoms with Crippen molar-refractivity contribution in [3.8, 4) is 5.69 Å². The summed E-state index contributed by atoms with van der Waals surface area (Å²) in [5.41, 5.74) is 0.808. The van der Waals surface area contributed by atoms with E-state index in [9.17, 15) is 13.2 Å². The third-order valence-electron chi connectivity index (χ3n) is 3.37. The van der Waals surface area contributed by atoms with Crippen molar-refractivity contribution in [2.45, 2.75) is 17.6 Å². The minimum atomic E-state index is -3.00. The maximum atomic E-state index is 11.9. The van der Waals surface area contributed by atoms with Crippen molar-refractivity contribution < 1.29 is 13.2 Å². The second-order valence-corrected chi connectivity index (χ2v) is 8.34. The Bertz CT molecular complexity index is 791. The maximum Gasteiger partial charge on any atom is 0.230 e. The van der Waals surface area contributed by atoms with Crippen molar-refractivity contribution >= 4 is 27.5 Å². The van der Waals surface area contributed by atoms with Crippen molar-refractivity contribution in [2.75, 3.05) is 17.3 Å². The Hall–Kier alpha value is -1.94. The first-order valence-corrected chi connectivity index (χ1v) is 9.80. The molecule has 0 spiro atoms. The number of tetrazole rings is 1. The molecule has 1 fully saturated rings. The molecule has 23 heavy (non-hydrogen) atoms. The Morgan fingerprint density at radius 1 is 1.35 bits per heavy atom. The highest BCUT2D eigenvalue weighted by atomic mass is 32.2. The molecule has 1 N–H and O–H groups in total. The molecule has 1 aliphatic rings. The number of para-hydroxylation sites is 1. The fraction of sp³-hybridized carbons (Fsp3) is 0.385. The summed E-state index contributed by atoms with van der Waals surface area (Å²) in [6.07, 6.45) is 0.473. The Balaban J connectivity index is 1.57. The van der Waals surface area contributed by atoms with Crippen molar-refractivity contribution in [1.29, 1.82) is 0 Å². The highest BCUT2D eigenvalue weighted by Crippen LogP contribution is 2.18. The van der Waals surface area contributed by atoms with Gasteiger partial charge in [0, 0.05) is 6.04 Å². The molecule has 2 aromatic rings. The predicted octanol–water partition coefficient (Wildman–Crippen LogP) is 0.0577. The number of aromatic nitrogens is 4. The number of sulfone groups is 1. The first kappa shape index (κ1) is 15.9. The molecular weight excluding hydrogens is 338 g/mol. The van der Waals surface area contributed by atoms with Gasteiger partial charge in [0.05, 0.1) is 22.9 Å². The number of benzene rings is 1. The lowest BCUT2D eigenvalue weighted by Crippen LogP contribution is -2.36. The van der Waals surface area contributed by atoms with Crippen LogP contribution in [0.25, 0.3) is 5.69 Å². The lowest BCUT2D eigenvalue weighted by atomic mass is 10.3. The van der Waals surface area contributed by atoms with E-state index in [0.717, 1.165) is 5.69 Å². The molecule has 10 heteroatoms. The largest absolute Gasteiger partial charge is 0.352 e. The average Bonchev–Trinajstić information content (AvgIpc) is 3.12. The van der Waals surface area contributed by atoms with E-state index in [-0.39, 0.29) is 29.2 Å². The van der Waals surface area contributed by atoms with E-state index in [1.54, 1.807) is 4.68 Å². The zero-order valence-electron chi connectivity index (χ0n) is 12.1. The molecule has 1 aromatic carbocycles. The van der Waals surface area contributed by atoms with Gasteiger partial charge in [0.2, 0.25) is 11.1 Å². The van der Waals surface area contributed by atoms with Gasteiger partial charge in [-0.15, -0.1) is 5.10 Å². The lowest BCUT2D eigenvalue weighted by molar-refractivity contribution is -0.119. The molecule has 1 atom stereocenters. The molecule has 0 bridgehead atoms. The minimum Gasteiger partial charge on any atom is -0.352 e. The molecule has 3 rings (SSSR count). The van der Waals surface area contributed by atoms with Gasteiger partial charge >= 0.3 is 0 Å². The fourth-order valence-corrected chi connectivity index (χ4v) is 4.68. The second-order valence-electron chi connectivity index (χ2n) is 5.16. The highest BCUT2D eigenvalue weighted by Gasteiger charge is 2.28. The molecular formula is C13H15N5O3S2. The molecule has 0 radical (unpaired) electrons. The summed E-state index contributed by atoms with van der Waals surface area (Å²) < 4.78 is 24.3. The number of nitrogens with zero attached hydrogens (tertiary/aromatic N) is 4. The molecule has 1 saturated heterocycles. The number of carbonyl (C=O) groups is 1. The number of carbonyl (C=O) groups excluding carboxylic acids is 1. The standard InChI is InChI=1S/C13H15N5O3S2/c19-12(14-10-6-7-23(20,21)9-10)8-22-13-15-16-17-18(13)11-4-2-1-3-5-11/h1-5,10H,6-9H2,(H,14,19). The number of amides is 1. The Labute approximate surface area is 137 Å². The van der Waals surface area contributed by atoms with E-state index in [2.05, 4.69) is 20.8 Å². The van der Waals surface area contributed by atoms with Gasteiger partial charge in [-0.25, -0.2) is 8.42 Å². The summed E-state index contributed by atoms with van der Waals surface area (Å²) >= 11 is 1.21. The van der Waals surface area contributed by atoms with Crippen LogP contribution in [-0.2, 0) is 14.6 Å². The monoisotopic (exact) mass is 353 g/mol. The van der Waals surface area contributed by atoms with Crippen LogP contribution in [0.3, 0.4) is 0 Å². The summed E-state index contributed by atoms with van der Waals surface area (Å²) in [5, 5.41) is 14.7. The van der Waals surface area contributed by atoms with Gasteiger partial charge in [-0.2, -0.15) is 4.68 Å². The predicted molar refractivity (Wildman–Crippen MR) is 85.1 cm³/mol. The number of nitrogens with one attached hydrogen (secondary N) is 1. The van der Waals surface area contributed by atoms with Gasteiger partial charge in [0.15, 0.2) is 9.84 Å². The molecule has 1 aliphatic heterocycles. The Morgan fingerprint density at radius 2 is 2.13 bits per heavy atom. The van der Waals surface area contributed by atoms with Gasteiger partial charge in [0.1, 0.15) is 0 Å². The van der Waals surface area contributed by atoms with Crippen molar-refractivity contribution in [3.05, 3.63) is 30.3 Å². The van der Waals surface area contributed by atoms with Crippen LogP contribution in [0.15, 0.2) is 35.5 Å². The quantitative estimate of drug-likeness (QED) is 0.757. The summed E-state index contributed by atoms with van der Waals surface area (Å²) in [4.78, 5) is 11.9. The summed E-state index contributed by atoms with van der Waals surface area (Å²) in [6.45, 7) is 0. The van der Waals surface area contributed by atoms with Crippen LogP contribution >= 0.6 is 11.8 Å². The molecule has 2 heterocycles. The maximum absolute atomic E-state index is 11.9. The molecule has 0 saturated carbocycles. The number of hydrogen-bond acceptors (Lipinski definition) is 7. The number of rotatable bonds is 5. The van der Waals surface area contributed by atoms with Gasteiger partial charge in [-0.05, 0) is 29.0 Å². The normalized spacial score (nSPS) is 19.6. The third-order valence-corrected chi connectivity index (χ3v) is 6.06. The van der Waals surface area contributed by atoms with Gasteiger partial charge in [-0.3, -0.25) is 4.79 Å². The van der Waals surface area contributed by atoms with Crippen LogP contribution in [0.4, 0.5) is 0 Å². The minimum absolute atomic E-state index is 0.0190. The van der Waals surface area contributed by atoms with E-state index < -0.39 is 9.84 Å². The summed E-state index contributed by atoms with van der Waals surface area (Å²) in [7, 11) is -3.00. The van der Waals surface area contributed by atoms with E-state index >= 15 is 0 Å². The van der Waals surface area contributed by atoms with Gasteiger partial charge in [-0.1, -0.05) is 30.0 Å². The fourth-order valence-electron chi connectivity index (χ4n) is 2.31. The average molecular weight is 353 g/mol. The van der Waals surface area contributed by atoms with E-state index in [0.29, 0.717) is 11.6 Å². The zero-order chi connectivity index (χ0) is 16.3. The molecule has 1 amide bonds. The molecule has 8 nitrogen and oxygen atoms in total. The lowest BCUT2D eigenvalue weighted by Gasteiger charge is -2.10. The van der Waals surface area contributed by atoms with E-state index in [1.807, 2.05) is 30.3 Å². The van der Waals surface area contributed by atoms with Crippen LogP contribution in [0.1, 0.15) is 6.42 Å². The molecule has 1 unspecified atom stereocenters. The van der Waals surface area contributed by atoms with Crippen molar-refractivity contribution in [2.24, 2.45) is 0 Å². The number of hydrogen-bond donors (Lipinski definition) is 1. The zero-order valence-corrected chi connectivity index (χ0v) is 13.8. The van der Waals surface area contributed by atoms with Crippen LogP contribution in [0.2, 0.25) is 0 Å². The van der Waals surface area contributed by atoms with Crippen molar-refractivity contribution in [3.63, 3.8) is 0 Å². The Morgan fingerprint density at radius 3 is 2.83 bits per heavy atom. The molecule has 1 aromatic heterocycles. The van der Waals surface area contributed by atoms with Crippen molar-refractivity contribution in [1.82, 2.24) is 25.5 Å². The topological polar surface area (TPSA) is 107 Å². The van der Waals surface area contributed by atoms with Gasteiger partial charge in [0.25, 0.3) is 0 Å². The second kappa shape index (κ2) is 6.67. The van der Waals surface area contributed by atoms with Crippen LogP contribution in [-0.4, -0.2) is 57.8 Å². The first-order valence-electron chi connectivity index (χ1n) is 7.00. The van der Waals surface area contributed by atoms with E-state index in [4.69, 9.17) is 0 Å².